The van der Waals surface area contributed by atoms with E-state index >= 15 is 0 Å². The Balaban J connectivity index is 1.42. The van der Waals surface area contributed by atoms with Crippen molar-refractivity contribution in [2.45, 2.75) is 165 Å². The van der Waals surface area contributed by atoms with E-state index in [4.69, 9.17) is 29.8 Å². The number of nitrogens with two attached hydrogens (primary N) is 1. The van der Waals surface area contributed by atoms with Gasteiger partial charge in [-0.15, -0.1) is 0 Å². The number of carbonyl (C=O) groups is 1. The zero-order chi connectivity index (χ0) is 29.6. The topological polar surface area (TPSA) is 120 Å². The summed E-state index contributed by atoms with van der Waals surface area (Å²) in [5.74, 6) is -0.767. The van der Waals surface area contributed by atoms with Crippen LogP contribution in [0.2, 0.25) is 0 Å². The minimum atomic E-state index is -0.487. The Kier molecular flexibility index (Phi) is 19.8. The smallest absolute Gasteiger partial charge is 0.330 e. The molecule has 1 unspecified atom stereocenters. The third kappa shape index (κ3) is 15.8. The summed E-state index contributed by atoms with van der Waals surface area (Å²) in [4.78, 5) is 11.4. The van der Waals surface area contributed by atoms with Gasteiger partial charge >= 0.3 is 5.97 Å². The minimum Gasteiger partial charge on any atom is -0.463 e. The fourth-order valence-corrected chi connectivity index (χ4v) is 5.94. The Labute approximate surface area is 249 Å². The quantitative estimate of drug-likeness (QED) is 0.0635. The number of ether oxygens (including phenoxy) is 4. The standard InChI is InChI=1S/C33H61NO7/c1-2-39-31(37)21-17-13-12-16-20-30-32-29(36)22-24-33(40-30,41-32)23-18-14-10-8-6-4-3-5-7-9-11-15-19-25-38-27-28(34)26-35/h17,21,28-30,32,35-36H,2-16,18-20,22-27,34H2,1H3/b21-17+/t28?,29-,30-,32-,33+/m1/s1. The van der Waals surface area contributed by atoms with E-state index < -0.39 is 11.9 Å². The summed E-state index contributed by atoms with van der Waals surface area (Å²) in [6, 6.07) is -0.248. The molecule has 8 nitrogen and oxygen atoms in total. The van der Waals surface area contributed by atoms with Crippen molar-refractivity contribution in [1.29, 1.82) is 0 Å². The van der Waals surface area contributed by atoms with Crippen molar-refractivity contribution in [3.8, 4) is 0 Å². The van der Waals surface area contributed by atoms with Gasteiger partial charge in [0.1, 0.15) is 6.10 Å². The lowest BCUT2D eigenvalue weighted by Crippen LogP contribution is -2.41. The van der Waals surface area contributed by atoms with Crippen LogP contribution in [0.15, 0.2) is 12.2 Å². The van der Waals surface area contributed by atoms with Crippen LogP contribution < -0.4 is 5.73 Å². The summed E-state index contributed by atoms with van der Waals surface area (Å²) in [7, 11) is 0. The maximum Gasteiger partial charge on any atom is 0.330 e. The monoisotopic (exact) mass is 583 g/mol. The predicted octanol–water partition coefficient (Wildman–Crippen LogP) is 6.10. The Hall–Kier alpha value is -1.03. The maximum atomic E-state index is 11.4. The molecule has 0 aromatic carbocycles. The van der Waals surface area contributed by atoms with Gasteiger partial charge in [0.05, 0.1) is 38.1 Å². The lowest BCUT2D eigenvalue weighted by molar-refractivity contribution is -0.214. The molecule has 8 heteroatoms. The fraction of sp³-hybridized carbons (Fsp3) is 0.909. The van der Waals surface area contributed by atoms with Crippen molar-refractivity contribution in [3.05, 3.63) is 12.2 Å². The second kappa shape index (κ2) is 22.5. The molecule has 240 valence electrons. The van der Waals surface area contributed by atoms with Gasteiger partial charge in [-0.2, -0.15) is 0 Å². The van der Waals surface area contributed by atoms with E-state index in [9.17, 15) is 9.90 Å². The molecule has 41 heavy (non-hydrogen) atoms. The van der Waals surface area contributed by atoms with Gasteiger partial charge in [-0.3, -0.25) is 0 Å². The number of rotatable bonds is 26. The number of allylic oxidation sites excluding steroid dienone is 1. The van der Waals surface area contributed by atoms with Gasteiger partial charge in [0, 0.05) is 25.5 Å². The molecule has 0 radical (unpaired) electrons. The lowest BCUT2D eigenvalue weighted by atomic mass is 9.94. The van der Waals surface area contributed by atoms with Gasteiger partial charge in [-0.25, -0.2) is 4.79 Å². The summed E-state index contributed by atoms with van der Waals surface area (Å²) in [5.41, 5.74) is 5.61. The zero-order valence-electron chi connectivity index (χ0n) is 25.9. The molecule has 5 atom stereocenters. The highest BCUT2D eigenvalue weighted by Crippen LogP contribution is 2.44. The number of fused-ring (bicyclic) bond motifs is 2. The molecule has 4 N–H and O–H groups in total. The van der Waals surface area contributed by atoms with Gasteiger partial charge in [0.2, 0.25) is 0 Å². The third-order valence-corrected chi connectivity index (χ3v) is 8.35. The third-order valence-electron chi connectivity index (χ3n) is 8.35. The number of hydrogen-bond acceptors (Lipinski definition) is 8. The van der Waals surface area contributed by atoms with Crippen molar-refractivity contribution in [2.24, 2.45) is 5.73 Å². The van der Waals surface area contributed by atoms with Crippen LogP contribution >= 0.6 is 0 Å². The van der Waals surface area contributed by atoms with E-state index in [-0.39, 0.29) is 30.8 Å². The van der Waals surface area contributed by atoms with Crippen molar-refractivity contribution < 1.29 is 34.0 Å². The van der Waals surface area contributed by atoms with E-state index in [0.717, 1.165) is 64.4 Å². The predicted molar refractivity (Wildman–Crippen MR) is 162 cm³/mol. The molecule has 2 heterocycles. The van der Waals surface area contributed by atoms with Crippen LogP contribution in [0.1, 0.15) is 135 Å². The molecule has 0 aliphatic carbocycles. The van der Waals surface area contributed by atoms with Gasteiger partial charge in [-0.1, -0.05) is 83.1 Å². The van der Waals surface area contributed by atoms with Gasteiger partial charge in [0.15, 0.2) is 5.79 Å². The molecule has 0 saturated carbocycles. The lowest BCUT2D eigenvalue weighted by Gasteiger charge is -2.33. The second-order valence-electron chi connectivity index (χ2n) is 12.1. The van der Waals surface area contributed by atoms with Crippen LogP contribution in [0.3, 0.4) is 0 Å². The molecular formula is C33H61NO7. The Morgan fingerprint density at radius 3 is 2.22 bits per heavy atom. The van der Waals surface area contributed by atoms with Crippen LogP contribution in [-0.2, 0) is 23.7 Å². The molecule has 0 aromatic heterocycles. The zero-order valence-corrected chi connectivity index (χ0v) is 25.9. The molecule has 2 aliphatic heterocycles. The Bertz CT molecular complexity index is 690. The van der Waals surface area contributed by atoms with Crippen molar-refractivity contribution in [3.63, 3.8) is 0 Å². The summed E-state index contributed by atoms with van der Waals surface area (Å²) in [6.07, 6.45) is 25.4. The van der Waals surface area contributed by atoms with Crippen LogP contribution in [0.25, 0.3) is 0 Å². The van der Waals surface area contributed by atoms with Crippen molar-refractivity contribution in [1.82, 2.24) is 0 Å². The van der Waals surface area contributed by atoms with Crippen LogP contribution in [0.4, 0.5) is 0 Å². The summed E-state index contributed by atoms with van der Waals surface area (Å²) < 4.78 is 23.1. The molecule has 2 rings (SSSR count). The minimum absolute atomic E-state index is 0.0117. The molecule has 2 aliphatic rings. The molecule has 2 bridgehead atoms. The average Bonchev–Trinajstić information content (AvgIpc) is 3.27. The molecular weight excluding hydrogens is 522 g/mol. The number of aliphatic hydroxyl groups excluding tert-OH is 2. The van der Waals surface area contributed by atoms with E-state index in [1.54, 1.807) is 6.92 Å². The first-order chi connectivity index (χ1) is 20.0. The number of aliphatic hydroxyl groups is 2. The number of hydrogen-bond donors (Lipinski definition) is 3. The maximum absolute atomic E-state index is 11.4. The molecule has 0 amide bonds. The first kappa shape index (κ1) is 36.2. The van der Waals surface area contributed by atoms with E-state index in [1.807, 2.05) is 6.08 Å². The normalized spacial score (nSPS) is 24.7. The summed E-state index contributed by atoms with van der Waals surface area (Å²) >= 11 is 0. The fourth-order valence-electron chi connectivity index (χ4n) is 5.94. The van der Waals surface area contributed by atoms with Gasteiger partial charge in [0.25, 0.3) is 0 Å². The first-order valence-electron chi connectivity index (χ1n) is 16.8. The Morgan fingerprint density at radius 1 is 0.951 bits per heavy atom. The van der Waals surface area contributed by atoms with E-state index in [1.165, 1.54) is 76.7 Å². The highest BCUT2D eigenvalue weighted by Gasteiger charge is 2.52. The number of unbranched alkanes of at least 4 members (excludes halogenated alkanes) is 14. The van der Waals surface area contributed by atoms with E-state index in [0.29, 0.717) is 13.2 Å². The number of esters is 1. The van der Waals surface area contributed by atoms with Crippen LogP contribution in [-0.4, -0.2) is 72.8 Å². The SMILES string of the molecule is CCOC(=O)/C=C/CCCC[C@H]1O[C@]2(CCCCCCCCCCCCCCCOCC(N)CO)CC[C@@H](O)[C@H]1O2. The van der Waals surface area contributed by atoms with Gasteiger partial charge in [-0.05, 0) is 45.4 Å². The second-order valence-corrected chi connectivity index (χ2v) is 12.1. The highest BCUT2D eigenvalue weighted by molar-refractivity contribution is 5.81. The van der Waals surface area contributed by atoms with Gasteiger partial charge < -0.3 is 34.9 Å². The van der Waals surface area contributed by atoms with Crippen LogP contribution in [0.5, 0.6) is 0 Å². The molecule has 2 saturated heterocycles. The largest absolute Gasteiger partial charge is 0.463 e. The molecule has 2 fully saturated rings. The summed E-state index contributed by atoms with van der Waals surface area (Å²) in [5, 5.41) is 19.3. The average molecular weight is 584 g/mol. The number of carbonyl (C=O) groups excluding carboxylic acids is 1. The van der Waals surface area contributed by atoms with E-state index in [2.05, 4.69) is 0 Å². The molecule has 0 spiro atoms. The summed E-state index contributed by atoms with van der Waals surface area (Å²) in [6.45, 7) is 3.40. The van der Waals surface area contributed by atoms with Crippen molar-refractivity contribution >= 4 is 5.97 Å². The first-order valence-corrected chi connectivity index (χ1v) is 16.8. The van der Waals surface area contributed by atoms with Crippen molar-refractivity contribution in [2.75, 3.05) is 26.4 Å². The highest BCUT2D eigenvalue weighted by atomic mass is 16.8. The Morgan fingerprint density at radius 2 is 1.59 bits per heavy atom. The van der Waals surface area contributed by atoms with Crippen LogP contribution in [0, 0.1) is 0 Å². The molecule has 0 aromatic rings.